The van der Waals surface area contributed by atoms with Crippen LogP contribution in [-0.2, 0) is 9.53 Å². The Labute approximate surface area is 194 Å². The largest absolute Gasteiger partial charge is 0.450 e. The fraction of sp³-hybridized carbons (Fsp3) is 0.409. The Hall–Kier alpha value is -3.34. The number of nitrogens with one attached hydrogen (secondary N) is 2. The van der Waals surface area contributed by atoms with Crippen LogP contribution in [0.25, 0.3) is 10.9 Å². The molecule has 1 aromatic carbocycles. The van der Waals surface area contributed by atoms with E-state index in [-0.39, 0.29) is 29.4 Å². The molecule has 2 amide bonds. The van der Waals surface area contributed by atoms with Gasteiger partial charge in [-0.15, -0.1) is 0 Å². The Bertz CT molecular complexity index is 1220. The number of likely N-dealkylation sites (tertiary alicyclic amines) is 1. The van der Waals surface area contributed by atoms with Crippen LogP contribution in [0.5, 0.6) is 0 Å². The topological polar surface area (TPSA) is 122 Å². The highest BCUT2D eigenvalue weighted by Gasteiger charge is 2.28. The highest BCUT2D eigenvalue weighted by Crippen LogP contribution is 2.28. The molecule has 1 aliphatic rings. The van der Waals surface area contributed by atoms with Crippen molar-refractivity contribution in [3.63, 3.8) is 0 Å². The molecule has 4 rings (SSSR count). The number of fused-ring (bicyclic) bond motifs is 1. The minimum atomic E-state index is -0.334. The summed E-state index contributed by atoms with van der Waals surface area (Å²) in [6.45, 7) is 4.94. The predicted molar refractivity (Wildman–Crippen MR) is 126 cm³/mol. The van der Waals surface area contributed by atoms with E-state index in [1.807, 2.05) is 19.1 Å². The first-order chi connectivity index (χ1) is 16.0. The second-order valence-corrected chi connectivity index (χ2v) is 8.72. The minimum Gasteiger partial charge on any atom is -0.450 e. The number of anilines is 1. The van der Waals surface area contributed by atoms with Crippen LogP contribution >= 0.6 is 11.8 Å². The third-order valence-electron chi connectivity index (χ3n) is 5.44. The van der Waals surface area contributed by atoms with Crippen molar-refractivity contribution in [3.8, 4) is 0 Å². The number of nitrogens with zero attached hydrogens (tertiary/aromatic N) is 4. The highest BCUT2D eigenvalue weighted by atomic mass is 32.2. The molecular formula is C22H26N6O4S. The van der Waals surface area contributed by atoms with Gasteiger partial charge in [0, 0.05) is 30.9 Å². The van der Waals surface area contributed by atoms with Gasteiger partial charge in [0.2, 0.25) is 5.91 Å². The van der Waals surface area contributed by atoms with E-state index in [1.165, 1.54) is 11.8 Å². The van der Waals surface area contributed by atoms with E-state index in [9.17, 15) is 14.4 Å². The number of carbonyl (C=O) groups is 2. The van der Waals surface area contributed by atoms with Gasteiger partial charge in [-0.3, -0.25) is 19.3 Å². The molecule has 3 aromatic rings. The van der Waals surface area contributed by atoms with Crippen LogP contribution in [0, 0.1) is 6.92 Å². The van der Waals surface area contributed by atoms with E-state index >= 15 is 0 Å². The lowest BCUT2D eigenvalue weighted by Crippen LogP contribution is -2.41. The lowest BCUT2D eigenvalue weighted by atomic mass is 10.0. The van der Waals surface area contributed by atoms with Crippen molar-refractivity contribution in [2.24, 2.45) is 0 Å². The van der Waals surface area contributed by atoms with Gasteiger partial charge in [-0.05, 0) is 38.8 Å². The fourth-order valence-electron chi connectivity index (χ4n) is 3.86. The van der Waals surface area contributed by atoms with Crippen molar-refractivity contribution < 1.29 is 14.3 Å². The maximum absolute atomic E-state index is 13.4. The number of H-pyrrole nitrogens is 1. The van der Waals surface area contributed by atoms with Crippen molar-refractivity contribution in [2.45, 2.75) is 37.9 Å². The van der Waals surface area contributed by atoms with Crippen LogP contribution in [-0.4, -0.2) is 62.1 Å². The normalized spacial score (nSPS) is 14.4. The lowest BCUT2D eigenvalue weighted by Gasteiger charge is -2.33. The Morgan fingerprint density at radius 2 is 2.03 bits per heavy atom. The van der Waals surface area contributed by atoms with Gasteiger partial charge in [-0.1, -0.05) is 23.9 Å². The number of hydrogen-bond acceptors (Lipinski definition) is 7. The summed E-state index contributed by atoms with van der Waals surface area (Å²) in [6.07, 6.45) is 0.871. The molecule has 33 heavy (non-hydrogen) atoms. The minimum absolute atomic E-state index is 0.0817. The van der Waals surface area contributed by atoms with Gasteiger partial charge >= 0.3 is 6.09 Å². The van der Waals surface area contributed by atoms with Crippen LogP contribution in [0.1, 0.15) is 31.5 Å². The maximum atomic E-state index is 13.4. The van der Waals surface area contributed by atoms with Gasteiger partial charge < -0.3 is 15.0 Å². The smallest absolute Gasteiger partial charge is 0.409 e. The zero-order chi connectivity index (χ0) is 23.4. The predicted octanol–water partition coefficient (Wildman–Crippen LogP) is 2.95. The van der Waals surface area contributed by atoms with E-state index in [0.717, 1.165) is 5.69 Å². The van der Waals surface area contributed by atoms with Gasteiger partial charge in [0.25, 0.3) is 5.56 Å². The standard InChI is InChI=1S/C22H26N6O4S/c1-3-32-22(31)27-10-8-15(9-11-27)28-20(30)16-6-4-5-7-17(16)23-21(28)33-13-19(29)24-18-12-14(2)25-26-18/h4-7,12,15H,3,8-11,13H2,1-2H3,(H2,24,25,26,29). The molecule has 2 N–H and O–H groups in total. The van der Waals surface area contributed by atoms with Crippen LogP contribution in [0.4, 0.5) is 10.6 Å². The summed E-state index contributed by atoms with van der Waals surface area (Å²) >= 11 is 1.22. The Morgan fingerprint density at radius 3 is 2.73 bits per heavy atom. The van der Waals surface area contributed by atoms with Gasteiger partial charge in [-0.25, -0.2) is 9.78 Å². The molecular weight excluding hydrogens is 444 g/mol. The SMILES string of the molecule is CCOC(=O)N1CCC(n2c(SCC(=O)Nc3cc(C)[nH]n3)nc3ccccc3c2=O)CC1. The zero-order valence-corrected chi connectivity index (χ0v) is 19.4. The van der Waals surface area contributed by atoms with Crippen molar-refractivity contribution in [1.29, 1.82) is 0 Å². The average Bonchev–Trinajstić information content (AvgIpc) is 3.22. The van der Waals surface area contributed by atoms with Crippen LogP contribution < -0.4 is 10.9 Å². The molecule has 0 radical (unpaired) electrons. The van der Waals surface area contributed by atoms with Crippen molar-refractivity contribution in [2.75, 3.05) is 30.8 Å². The second kappa shape index (κ2) is 10.1. The number of thioether (sulfide) groups is 1. The van der Waals surface area contributed by atoms with Gasteiger partial charge in [0.05, 0.1) is 23.3 Å². The molecule has 1 fully saturated rings. The molecule has 0 spiro atoms. The van der Waals surface area contributed by atoms with Crippen molar-refractivity contribution in [1.82, 2.24) is 24.6 Å². The Kier molecular flexibility index (Phi) is 6.97. The number of benzene rings is 1. The van der Waals surface area contributed by atoms with Crippen LogP contribution in [0.3, 0.4) is 0 Å². The van der Waals surface area contributed by atoms with Crippen LogP contribution in [0.2, 0.25) is 0 Å². The summed E-state index contributed by atoms with van der Waals surface area (Å²) in [5.74, 6) is 0.295. The molecule has 174 valence electrons. The van der Waals surface area contributed by atoms with Gasteiger partial charge in [0.15, 0.2) is 11.0 Å². The molecule has 0 unspecified atom stereocenters. The quantitative estimate of drug-likeness (QED) is 0.419. The third-order valence-corrected chi connectivity index (χ3v) is 6.39. The molecule has 11 heteroatoms. The zero-order valence-electron chi connectivity index (χ0n) is 18.5. The Balaban J connectivity index is 1.55. The fourth-order valence-corrected chi connectivity index (χ4v) is 4.73. The first-order valence-electron chi connectivity index (χ1n) is 10.8. The van der Waals surface area contributed by atoms with E-state index in [4.69, 9.17) is 9.72 Å². The molecule has 0 atom stereocenters. The number of aryl methyl sites for hydroxylation is 1. The number of ether oxygens (including phenoxy) is 1. The number of carbonyl (C=O) groups excluding carboxylic acids is 2. The first kappa shape index (κ1) is 22.8. The van der Waals surface area contributed by atoms with Gasteiger partial charge in [0.1, 0.15) is 0 Å². The number of aromatic nitrogens is 4. The molecule has 10 nitrogen and oxygen atoms in total. The second-order valence-electron chi connectivity index (χ2n) is 7.78. The molecule has 0 bridgehead atoms. The molecule has 1 saturated heterocycles. The summed E-state index contributed by atoms with van der Waals surface area (Å²) in [4.78, 5) is 44.2. The highest BCUT2D eigenvalue weighted by molar-refractivity contribution is 7.99. The van der Waals surface area contributed by atoms with E-state index < -0.39 is 0 Å². The van der Waals surface area contributed by atoms with Crippen molar-refractivity contribution in [3.05, 3.63) is 46.4 Å². The third kappa shape index (κ3) is 5.19. The molecule has 1 aliphatic heterocycles. The van der Waals surface area contributed by atoms with Crippen molar-refractivity contribution >= 4 is 40.5 Å². The van der Waals surface area contributed by atoms with Crippen LogP contribution in [0.15, 0.2) is 40.3 Å². The van der Waals surface area contributed by atoms with E-state index in [1.54, 1.807) is 34.6 Å². The summed E-state index contributed by atoms with van der Waals surface area (Å²) in [7, 11) is 0. The average molecular weight is 471 g/mol. The van der Waals surface area contributed by atoms with E-state index in [0.29, 0.717) is 54.4 Å². The summed E-state index contributed by atoms with van der Waals surface area (Å²) in [5, 5.41) is 10.6. The van der Waals surface area contributed by atoms with Gasteiger partial charge in [-0.2, -0.15) is 5.10 Å². The monoisotopic (exact) mass is 470 g/mol. The molecule has 2 aromatic heterocycles. The number of hydrogen-bond donors (Lipinski definition) is 2. The van der Waals surface area contributed by atoms with E-state index in [2.05, 4.69) is 15.5 Å². The number of amides is 2. The molecule has 3 heterocycles. The first-order valence-corrected chi connectivity index (χ1v) is 11.8. The number of piperidine rings is 1. The Morgan fingerprint density at radius 1 is 1.27 bits per heavy atom. The molecule has 0 saturated carbocycles. The molecule has 0 aliphatic carbocycles. The number of rotatable bonds is 6. The number of para-hydroxylation sites is 1. The summed E-state index contributed by atoms with van der Waals surface area (Å²) in [5.41, 5.74) is 1.30. The summed E-state index contributed by atoms with van der Waals surface area (Å²) in [6, 6.07) is 8.81. The maximum Gasteiger partial charge on any atom is 0.409 e. The summed E-state index contributed by atoms with van der Waals surface area (Å²) < 4.78 is 6.77. The lowest BCUT2D eigenvalue weighted by molar-refractivity contribution is -0.113. The number of aromatic amines is 1.